The molecule has 0 N–H and O–H groups in total. The second-order valence-electron chi connectivity index (χ2n) is 8.04. The summed E-state index contributed by atoms with van der Waals surface area (Å²) in [6.45, 7) is 3.24. The van der Waals surface area contributed by atoms with Crippen LogP contribution in [0.3, 0.4) is 0 Å². The van der Waals surface area contributed by atoms with Crippen molar-refractivity contribution < 1.29 is 9.59 Å². The van der Waals surface area contributed by atoms with Crippen LogP contribution in [0.25, 0.3) is 0 Å². The number of nitrogens with zero attached hydrogens (tertiary/aromatic N) is 2. The molecule has 3 aliphatic rings. The first-order valence-electron chi connectivity index (χ1n) is 9.94. The predicted octanol–water partition coefficient (Wildman–Crippen LogP) is 3.62. The van der Waals surface area contributed by atoms with E-state index in [9.17, 15) is 9.59 Å². The lowest BCUT2D eigenvalue weighted by atomic mass is 9.63. The van der Waals surface area contributed by atoms with Crippen molar-refractivity contribution in [2.24, 2.45) is 5.92 Å². The first kappa shape index (κ1) is 17.8. The molecule has 2 aliphatic heterocycles. The van der Waals surface area contributed by atoms with Crippen LogP contribution in [0.15, 0.2) is 24.3 Å². The molecular formula is C21H27ClN2O2. The van der Waals surface area contributed by atoms with Gasteiger partial charge in [0.25, 0.3) is 0 Å². The first-order valence-corrected chi connectivity index (χ1v) is 10.3. The van der Waals surface area contributed by atoms with Gasteiger partial charge >= 0.3 is 0 Å². The number of amides is 2. The Morgan fingerprint density at radius 2 is 1.50 bits per heavy atom. The molecule has 2 heterocycles. The van der Waals surface area contributed by atoms with Gasteiger partial charge < -0.3 is 9.80 Å². The van der Waals surface area contributed by atoms with E-state index in [-0.39, 0.29) is 17.2 Å². The quantitative estimate of drug-likeness (QED) is 0.810. The van der Waals surface area contributed by atoms with Crippen molar-refractivity contribution in [1.29, 1.82) is 0 Å². The highest BCUT2D eigenvalue weighted by molar-refractivity contribution is 6.30. The molecule has 1 aliphatic carbocycles. The van der Waals surface area contributed by atoms with Crippen LogP contribution in [0, 0.1) is 5.92 Å². The van der Waals surface area contributed by atoms with Crippen LogP contribution in [0.4, 0.5) is 0 Å². The summed E-state index contributed by atoms with van der Waals surface area (Å²) in [6.07, 6.45) is 6.80. The SMILES string of the molecule is O=C(C1CCN(C(=O)C2(c3ccc(Cl)cc3)CCC2)CC1)N1CCCC1. The lowest BCUT2D eigenvalue weighted by Crippen LogP contribution is -2.53. The molecule has 0 atom stereocenters. The minimum atomic E-state index is -0.365. The Hall–Kier alpha value is -1.55. The van der Waals surface area contributed by atoms with E-state index in [1.165, 1.54) is 0 Å². The average molecular weight is 375 g/mol. The van der Waals surface area contributed by atoms with Crippen molar-refractivity contribution in [1.82, 2.24) is 9.80 Å². The maximum Gasteiger partial charge on any atom is 0.233 e. The lowest BCUT2D eigenvalue weighted by molar-refractivity contribution is -0.145. The summed E-state index contributed by atoms with van der Waals surface area (Å²) in [4.78, 5) is 29.9. The minimum Gasteiger partial charge on any atom is -0.342 e. The highest BCUT2D eigenvalue weighted by atomic mass is 35.5. The lowest BCUT2D eigenvalue weighted by Gasteiger charge is -2.45. The molecule has 2 saturated heterocycles. The summed E-state index contributed by atoms with van der Waals surface area (Å²) in [5, 5.41) is 0.705. The van der Waals surface area contributed by atoms with E-state index >= 15 is 0 Å². The molecule has 2 amide bonds. The van der Waals surface area contributed by atoms with Gasteiger partial charge in [-0.2, -0.15) is 0 Å². The van der Waals surface area contributed by atoms with Gasteiger partial charge in [-0.05, 0) is 56.2 Å². The Balaban J connectivity index is 1.41. The molecule has 1 saturated carbocycles. The van der Waals surface area contributed by atoms with Crippen molar-refractivity contribution in [3.8, 4) is 0 Å². The third kappa shape index (κ3) is 3.13. The van der Waals surface area contributed by atoms with Gasteiger partial charge in [0.15, 0.2) is 0 Å². The molecule has 140 valence electrons. The monoisotopic (exact) mass is 374 g/mol. The number of piperidine rings is 1. The molecule has 0 bridgehead atoms. The largest absolute Gasteiger partial charge is 0.342 e. The number of likely N-dealkylation sites (tertiary alicyclic amines) is 2. The number of rotatable bonds is 3. The van der Waals surface area contributed by atoms with Crippen LogP contribution >= 0.6 is 11.6 Å². The van der Waals surface area contributed by atoms with Crippen LogP contribution in [0.1, 0.15) is 50.5 Å². The Morgan fingerprint density at radius 1 is 0.885 bits per heavy atom. The molecule has 5 heteroatoms. The average Bonchev–Trinajstić information content (AvgIpc) is 3.16. The van der Waals surface area contributed by atoms with E-state index in [0.29, 0.717) is 24.0 Å². The maximum atomic E-state index is 13.3. The van der Waals surface area contributed by atoms with E-state index in [4.69, 9.17) is 11.6 Å². The molecule has 0 unspecified atom stereocenters. The van der Waals surface area contributed by atoms with Gasteiger partial charge in [0.05, 0.1) is 5.41 Å². The number of halogens is 1. The number of carbonyl (C=O) groups excluding carboxylic acids is 2. The smallest absolute Gasteiger partial charge is 0.233 e. The van der Waals surface area contributed by atoms with Gasteiger partial charge in [0.2, 0.25) is 11.8 Å². The summed E-state index contributed by atoms with van der Waals surface area (Å²) < 4.78 is 0. The van der Waals surface area contributed by atoms with E-state index in [2.05, 4.69) is 0 Å². The van der Waals surface area contributed by atoms with Crippen LogP contribution < -0.4 is 0 Å². The van der Waals surface area contributed by atoms with Crippen molar-refractivity contribution in [3.63, 3.8) is 0 Å². The fourth-order valence-electron chi connectivity index (χ4n) is 4.75. The number of hydrogen-bond acceptors (Lipinski definition) is 2. The van der Waals surface area contributed by atoms with E-state index in [1.54, 1.807) is 0 Å². The van der Waals surface area contributed by atoms with Crippen molar-refractivity contribution in [2.45, 2.75) is 50.4 Å². The molecule has 1 aromatic rings. The summed E-state index contributed by atoms with van der Waals surface area (Å²) in [7, 11) is 0. The topological polar surface area (TPSA) is 40.6 Å². The highest BCUT2D eigenvalue weighted by Crippen LogP contribution is 2.46. The van der Waals surface area contributed by atoms with Crippen LogP contribution in [0.2, 0.25) is 5.02 Å². The molecule has 1 aromatic carbocycles. The molecule has 0 aromatic heterocycles. The van der Waals surface area contributed by atoms with Gasteiger partial charge in [0, 0.05) is 37.1 Å². The number of hydrogen-bond donors (Lipinski definition) is 0. The predicted molar refractivity (Wildman–Crippen MR) is 102 cm³/mol. The molecule has 26 heavy (non-hydrogen) atoms. The van der Waals surface area contributed by atoms with Crippen molar-refractivity contribution in [2.75, 3.05) is 26.2 Å². The normalized spacial score (nSPS) is 23.0. The van der Waals surface area contributed by atoms with E-state index < -0.39 is 0 Å². The van der Waals surface area contributed by atoms with Crippen molar-refractivity contribution >= 4 is 23.4 Å². The fraction of sp³-hybridized carbons (Fsp3) is 0.619. The number of benzene rings is 1. The zero-order chi connectivity index (χ0) is 18.1. The Morgan fingerprint density at radius 3 is 2.04 bits per heavy atom. The van der Waals surface area contributed by atoms with Crippen LogP contribution in [0.5, 0.6) is 0 Å². The van der Waals surface area contributed by atoms with Crippen LogP contribution in [-0.2, 0) is 15.0 Å². The molecule has 0 spiro atoms. The zero-order valence-corrected chi connectivity index (χ0v) is 16.0. The molecule has 3 fully saturated rings. The van der Waals surface area contributed by atoms with Gasteiger partial charge in [-0.1, -0.05) is 30.2 Å². The third-order valence-corrected chi connectivity index (χ3v) is 6.81. The standard InChI is InChI=1S/C21H27ClN2O2/c22-18-6-4-17(5-7-18)21(10-3-11-21)20(26)24-14-8-16(9-15-24)19(25)23-12-1-2-13-23/h4-7,16H,1-3,8-15H2. The van der Waals surface area contributed by atoms with Crippen molar-refractivity contribution in [3.05, 3.63) is 34.9 Å². The van der Waals surface area contributed by atoms with Gasteiger partial charge in [0.1, 0.15) is 0 Å². The van der Waals surface area contributed by atoms with Crippen LogP contribution in [-0.4, -0.2) is 47.8 Å². The second-order valence-corrected chi connectivity index (χ2v) is 8.48. The summed E-state index contributed by atoms with van der Waals surface area (Å²) in [5.41, 5.74) is 0.726. The van der Waals surface area contributed by atoms with E-state index in [0.717, 1.165) is 63.6 Å². The Bertz CT molecular complexity index is 670. The highest BCUT2D eigenvalue weighted by Gasteiger charge is 2.48. The fourth-order valence-corrected chi connectivity index (χ4v) is 4.88. The minimum absolute atomic E-state index is 0.102. The first-order chi connectivity index (χ1) is 12.6. The molecule has 4 nitrogen and oxygen atoms in total. The zero-order valence-electron chi connectivity index (χ0n) is 15.3. The third-order valence-electron chi connectivity index (χ3n) is 6.56. The second kappa shape index (κ2) is 7.22. The van der Waals surface area contributed by atoms with E-state index in [1.807, 2.05) is 34.1 Å². The summed E-state index contributed by atoms with van der Waals surface area (Å²) in [5.74, 6) is 0.661. The van der Waals surface area contributed by atoms with Gasteiger partial charge in [-0.3, -0.25) is 9.59 Å². The molecule has 0 radical (unpaired) electrons. The maximum absolute atomic E-state index is 13.3. The molecule has 4 rings (SSSR count). The Kier molecular flexibility index (Phi) is 4.96. The Labute approximate surface area is 160 Å². The van der Waals surface area contributed by atoms with Gasteiger partial charge in [-0.15, -0.1) is 0 Å². The van der Waals surface area contributed by atoms with Gasteiger partial charge in [-0.25, -0.2) is 0 Å². The molecular weight excluding hydrogens is 348 g/mol. The number of carbonyl (C=O) groups is 2. The summed E-state index contributed by atoms with van der Waals surface area (Å²) in [6, 6.07) is 7.77. The summed E-state index contributed by atoms with van der Waals surface area (Å²) >= 11 is 6.02.